The van der Waals surface area contributed by atoms with Crippen molar-refractivity contribution >= 4 is 18.0 Å². The van der Waals surface area contributed by atoms with E-state index in [4.69, 9.17) is 14.6 Å². The van der Waals surface area contributed by atoms with Crippen LogP contribution >= 0.6 is 0 Å². The van der Waals surface area contributed by atoms with E-state index in [0.29, 0.717) is 17.1 Å². The van der Waals surface area contributed by atoms with Gasteiger partial charge >= 0.3 is 5.97 Å². The molecule has 0 aromatic heterocycles. The van der Waals surface area contributed by atoms with Crippen LogP contribution in [0, 0.1) is 5.92 Å². The maximum atomic E-state index is 11.9. The molecule has 0 saturated heterocycles. The zero-order valence-corrected chi connectivity index (χ0v) is 13.1. The summed E-state index contributed by atoms with van der Waals surface area (Å²) in [5, 5.41) is 11.5. The van der Waals surface area contributed by atoms with Crippen molar-refractivity contribution in [2.24, 2.45) is 5.92 Å². The Kier molecular flexibility index (Phi) is 6.44. The molecule has 1 amide bonds. The van der Waals surface area contributed by atoms with Gasteiger partial charge in [-0.15, -0.1) is 0 Å². The van der Waals surface area contributed by atoms with Crippen molar-refractivity contribution in [3.8, 4) is 11.5 Å². The minimum Gasteiger partial charge on any atom is -0.493 e. The molecule has 6 heteroatoms. The Morgan fingerprint density at radius 2 is 1.91 bits per heavy atom. The number of methoxy groups -OCH3 is 2. The van der Waals surface area contributed by atoms with Crippen molar-refractivity contribution < 1.29 is 24.2 Å². The Morgan fingerprint density at radius 3 is 2.41 bits per heavy atom. The third kappa shape index (κ3) is 4.51. The Balaban J connectivity index is 2.88. The molecule has 2 N–H and O–H groups in total. The van der Waals surface area contributed by atoms with Gasteiger partial charge in [0, 0.05) is 11.6 Å². The molecule has 0 bridgehead atoms. The van der Waals surface area contributed by atoms with Crippen molar-refractivity contribution in [3.05, 3.63) is 29.8 Å². The van der Waals surface area contributed by atoms with E-state index in [1.807, 2.05) is 0 Å². The summed E-state index contributed by atoms with van der Waals surface area (Å²) in [5.74, 6) is -0.689. The predicted octanol–water partition coefficient (Wildman–Crippen LogP) is 1.94. The smallest absolute Gasteiger partial charge is 0.326 e. The van der Waals surface area contributed by atoms with Gasteiger partial charge in [0.15, 0.2) is 11.5 Å². The molecule has 6 nitrogen and oxygen atoms in total. The molecule has 0 aliphatic rings. The van der Waals surface area contributed by atoms with Gasteiger partial charge in [0.25, 0.3) is 0 Å². The highest BCUT2D eigenvalue weighted by atomic mass is 16.5. The first kappa shape index (κ1) is 17.6. The van der Waals surface area contributed by atoms with Gasteiger partial charge in [0.1, 0.15) is 6.04 Å². The quantitative estimate of drug-likeness (QED) is 0.752. The van der Waals surface area contributed by atoms with Gasteiger partial charge in [-0.25, -0.2) is 4.79 Å². The lowest BCUT2D eigenvalue weighted by atomic mass is 10.0. The highest BCUT2D eigenvalue weighted by Gasteiger charge is 2.22. The van der Waals surface area contributed by atoms with Crippen molar-refractivity contribution in [3.63, 3.8) is 0 Å². The fraction of sp³-hybridized carbons (Fsp3) is 0.375. The van der Waals surface area contributed by atoms with Crippen LogP contribution in [0.25, 0.3) is 6.08 Å². The van der Waals surface area contributed by atoms with Gasteiger partial charge < -0.3 is 19.9 Å². The number of ether oxygens (including phenoxy) is 2. The Morgan fingerprint density at radius 1 is 1.23 bits per heavy atom. The Hall–Kier alpha value is -2.50. The maximum Gasteiger partial charge on any atom is 0.326 e. The Labute approximate surface area is 129 Å². The number of para-hydroxylation sites is 1. The molecule has 120 valence electrons. The van der Waals surface area contributed by atoms with Gasteiger partial charge in [0.05, 0.1) is 14.2 Å². The zero-order valence-electron chi connectivity index (χ0n) is 13.1. The molecule has 0 fully saturated rings. The van der Waals surface area contributed by atoms with Crippen LogP contribution in [0.2, 0.25) is 0 Å². The average molecular weight is 307 g/mol. The van der Waals surface area contributed by atoms with E-state index in [-0.39, 0.29) is 5.92 Å². The average Bonchev–Trinajstić information content (AvgIpc) is 2.49. The molecular weight excluding hydrogens is 286 g/mol. The van der Waals surface area contributed by atoms with E-state index in [2.05, 4.69) is 5.32 Å². The number of rotatable bonds is 7. The molecule has 0 radical (unpaired) electrons. The molecule has 1 rings (SSSR count). The number of carbonyl (C=O) groups is 2. The van der Waals surface area contributed by atoms with Gasteiger partial charge in [-0.05, 0) is 18.1 Å². The monoisotopic (exact) mass is 307 g/mol. The van der Waals surface area contributed by atoms with E-state index in [1.165, 1.54) is 20.3 Å². The summed E-state index contributed by atoms with van der Waals surface area (Å²) in [6, 6.07) is 4.36. The van der Waals surface area contributed by atoms with Crippen LogP contribution in [-0.4, -0.2) is 37.2 Å². The number of aliphatic carboxylic acids is 1. The number of amides is 1. The topological polar surface area (TPSA) is 84.9 Å². The van der Waals surface area contributed by atoms with Crippen molar-refractivity contribution in [1.29, 1.82) is 0 Å². The Bertz CT molecular complexity index is 566. The molecule has 0 unspecified atom stereocenters. The minimum atomic E-state index is -1.06. The van der Waals surface area contributed by atoms with Crippen LogP contribution in [0.5, 0.6) is 11.5 Å². The van der Waals surface area contributed by atoms with Crippen LogP contribution in [0.1, 0.15) is 19.4 Å². The predicted molar refractivity (Wildman–Crippen MR) is 83.0 cm³/mol. The molecule has 1 atom stereocenters. The fourth-order valence-corrected chi connectivity index (χ4v) is 1.92. The van der Waals surface area contributed by atoms with E-state index in [0.717, 1.165) is 0 Å². The second kappa shape index (κ2) is 8.07. The fourth-order valence-electron chi connectivity index (χ4n) is 1.92. The molecular formula is C16H21NO5. The number of benzene rings is 1. The molecule has 0 heterocycles. The van der Waals surface area contributed by atoms with Gasteiger partial charge in [-0.2, -0.15) is 0 Å². The summed E-state index contributed by atoms with van der Waals surface area (Å²) in [4.78, 5) is 22.9. The van der Waals surface area contributed by atoms with Crippen molar-refractivity contribution in [2.75, 3.05) is 14.2 Å². The molecule has 22 heavy (non-hydrogen) atoms. The van der Waals surface area contributed by atoms with Crippen LogP contribution in [-0.2, 0) is 9.59 Å². The summed E-state index contributed by atoms with van der Waals surface area (Å²) in [6.45, 7) is 3.46. The number of carboxylic acid groups (broad SMARTS) is 1. The summed E-state index contributed by atoms with van der Waals surface area (Å²) >= 11 is 0. The molecule has 0 aliphatic carbocycles. The second-order valence-corrected chi connectivity index (χ2v) is 4.98. The SMILES string of the molecule is COc1cccc(/C=C\C(=O)N[C@@H](C(=O)O)C(C)C)c1OC. The summed E-state index contributed by atoms with van der Waals surface area (Å²) < 4.78 is 10.4. The second-order valence-electron chi connectivity index (χ2n) is 4.98. The van der Waals surface area contributed by atoms with E-state index < -0.39 is 17.9 Å². The zero-order chi connectivity index (χ0) is 16.7. The highest BCUT2D eigenvalue weighted by Crippen LogP contribution is 2.31. The number of hydrogen-bond donors (Lipinski definition) is 2. The van der Waals surface area contributed by atoms with Gasteiger partial charge in [-0.3, -0.25) is 4.79 Å². The van der Waals surface area contributed by atoms with Crippen molar-refractivity contribution in [1.82, 2.24) is 5.32 Å². The van der Waals surface area contributed by atoms with Crippen LogP contribution in [0.15, 0.2) is 24.3 Å². The minimum absolute atomic E-state index is 0.207. The first-order valence-electron chi connectivity index (χ1n) is 6.83. The lowest BCUT2D eigenvalue weighted by Gasteiger charge is -2.16. The molecule has 0 aliphatic heterocycles. The van der Waals surface area contributed by atoms with E-state index in [1.54, 1.807) is 38.1 Å². The summed E-state index contributed by atoms with van der Waals surface area (Å²) in [5.41, 5.74) is 0.661. The summed E-state index contributed by atoms with van der Waals surface area (Å²) in [6.07, 6.45) is 2.82. The lowest BCUT2D eigenvalue weighted by Crippen LogP contribution is -2.43. The maximum absolute atomic E-state index is 11.9. The van der Waals surface area contributed by atoms with E-state index in [9.17, 15) is 9.59 Å². The largest absolute Gasteiger partial charge is 0.493 e. The standard InChI is InChI=1S/C16H21NO5/c1-10(2)14(16(19)20)17-13(18)9-8-11-6-5-7-12(21-3)15(11)22-4/h5-10,14H,1-4H3,(H,17,18)(H,19,20)/b9-8-/t14-/m1/s1. The first-order valence-corrected chi connectivity index (χ1v) is 6.83. The first-order chi connectivity index (χ1) is 10.4. The molecule has 1 aromatic carbocycles. The van der Waals surface area contributed by atoms with Crippen LogP contribution in [0.3, 0.4) is 0 Å². The number of carbonyl (C=O) groups excluding carboxylic acids is 1. The van der Waals surface area contributed by atoms with Crippen molar-refractivity contribution in [2.45, 2.75) is 19.9 Å². The number of carboxylic acids is 1. The van der Waals surface area contributed by atoms with Gasteiger partial charge in [0.2, 0.25) is 5.91 Å². The highest BCUT2D eigenvalue weighted by molar-refractivity contribution is 5.94. The van der Waals surface area contributed by atoms with Crippen LogP contribution < -0.4 is 14.8 Å². The molecule has 0 spiro atoms. The third-order valence-electron chi connectivity index (χ3n) is 3.08. The van der Waals surface area contributed by atoms with Crippen LogP contribution in [0.4, 0.5) is 0 Å². The third-order valence-corrected chi connectivity index (χ3v) is 3.08. The summed E-state index contributed by atoms with van der Waals surface area (Å²) in [7, 11) is 3.03. The number of hydrogen-bond acceptors (Lipinski definition) is 4. The number of nitrogens with one attached hydrogen (secondary N) is 1. The van der Waals surface area contributed by atoms with Gasteiger partial charge in [-0.1, -0.05) is 26.0 Å². The van der Waals surface area contributed by atoms with E-state index >= 15 is 0 Å². The normalized spacial score (nSPS) is 12.2. The molecule has 0 saturated carbocycles. The lowest BCUT2D eigenvalue weighted by molar-refractivity contribution is -0.142. The molecule has 1 aromatic rings.